The number of esters is 1. The van der Waals surface area contributed by atoms with Crippen molar-refractivity contribution in [3.8, 4) is 16.9 Å². The molecule has 2 aliphatic heterocycles. The summed E-state index contributed by atoms with van der Waals surface area (Å²) >= 11 is 8.89. The normalized spacial score (nSPS) is 15.4. The van der Waals surface area contributed by atoms with Crippen LogP contribution in [0.3, 0.4) is 0 Å². The van der Waals surface area contributed by atoms with E-state index in [1.807, 2.05) is 48.5 Å². The van der Waals surface area contributed by atoms with Crippen molar-refractivity contribution in [3.05, 3.63) is 86.6 Å². The lowest BCUT2D eigenvalue weighted by molar-refractivity contribution is 0.0589. The first-order chi connectivity index (χ1) is 23.3. The number of rotatable bonds is 2. The van der Waals surface area contributed by atoms with Gasteiger partial charge in [-0.2, -0.15) is 10.2 Å². The summed E-state index contributed by atoms with van der Waals surface area (Å²) in [5.74, 6) is 1.28. The number of hydrogen-bond acceptors (Lipinski definition) is 7. The van der Waals surface area contributed by atoms with Gasteiger partial charge in [-0.05, 0) is 74.9 Å². The predicted octanol–water partition coefficient (Wildman–Crippen LogP) is 7.41. The number of nitrogens with zero attached hydrogens (tertiary/aromatic N) is 5. The fraction of sp³-hybridized carbons (Fsp3) is 0.378. The van der Waals surface area contributed by atoms with Crippen LogP contribution in [0.15, 0.2) is 41.3 Å². The number of hydrogen-bond donors (Lipinski definition) is 1. The van der Waals surface area contributed by atoms with E-state index in [-0.39, 0.29) is 5.97 Å². The van der Waals surface area contributed by atoms with Crippen molar-refractivity contribution in [1.82, 2.24) is 29.4 Å². The van der Waals surface area contributed by atoms with E-state index in [1.165, 1.54) is 12.8 Å². The zero-order chi connectivity index (χ0) is 33.5. The number of thioether (sulfide) groups is 1. The highest BCUT2D eigenvalue weighted by molar-refractivity contribution is 7.98. The number of carbonyl (C=O) groups excluding carboxylic acids is 1. The zero-order valence-electron chi connectivity index (χ0n) is 28.2. The SMILES string of the molecule is C/C=C\c1c(C)cc2cc1OCCCc1c(C(=O)OC)n(C)c3c(c(Cl)ccc13)-c1c(nn3c1CCC3)CNCc1cc(n(C)n1)CS2. The van der Waals surface area contributed by atoms with E-state index in [9.17, 15) is 4.79 Å². The van der Waals surface area contributed by atoms with Gasteiger partial charge in [-0.25, -0.2) is 4.79 Å². The van der Waals surface area contributed by atoms with Gasteiger partial charge in [-0.3, -0.25) is 9.36 Å². The van der Waals surface area contributed by atoms with Crippen molar-refractivity contribution in [2.45, 2.75) is 69.8 Å². The smallest absolute Gasteiger partial charge is 0.354 e. The fourth-order valence-corrected chi connectivity index (χ4v) is 8.54. The molecular formula is C37H41ClN6O3S. The molecule has 8 bridgehead atoms. The van der Waals surface area contributed by atoms with Crippen LogP contribution in [0.4, 0.5) is 0 Å². The molecule has 0 fully saturated rings. The molecule has 11 heteroatoms. The molecule has 0 spiro atoms. The molecule has 7 rings (SSSR count). The highest BCUT2D eigenvalue weighted by Crippen LogP contribution is 2.43. The molecular weight excluding hydrogens is 644 g/mol. The second-order valence-electron chi connectivity index (χ2n) is 12.5. The Labute approximate surface area is 290 Å². The minimum absolute atomic E-state index is 0.367. The number of carbonyl (C=O) groups is 1. The number of allylic oxidation sites excluding steroid dienone is 1. The van der Waals surface area contributed by atoms with Gasteiger partial charge in [0.2, 0.25) is 0 Å². The quantitative estimate of drug-likeness (QED) is 0.194. The summed E-state index contributed by atoms with van der Waals surface area (Å²) in [5, 5.41) is 15.1. The molecule has 0 saturated heterocycles. The average molecular weight is 685 g/mol. The third-order valence-corrected chi connectivity index (χ3v) is 10.8. The molecule has 0 unspecified atom stereocenters. The van der Waals surface area contributed by atoms with E-state index >= 15 is 0 Å². The summed E-state index contributed by atoms with van der Waals surface area (Å²) < 4.78 is 17.9. The second-order valence-corrected chi connectivity index (χ2v) is 14.0. The van der Waals surface area contributed by atoms with Crippen LogP contribution >= 0.6 is 23.4 Å². The van der Waals surface area contributed by atoms with E-state index in [2.05, 4.69) is 41.2 Å². The Morgan fingerprint density at radius 3 is 2.77 bits per heavy atom. The Balaban J connectivity index is 1.37. The third kappa shape index (κ3) is 5.84. The van der Waals surface area contributed by atoms with Crippen LogP contribution in [0.5, 0.6) is 5.75 Å². The number of aryl methyl sites for hydroxylation is 5. The minimum Gasteiger partial charge on any atom is -0.493 e. The standard InChI is InChI=1S/C37H41ClN6O3S/c1-6-9-26-22(2)16-25-18-32(26)47-15-8-10-27-28-12-13-29(38)33(35(28)42(3)36(27)37(45)46-5)34-30(41-44-14-7-11-31(34)44)20-39-19-23-17-24(21-48-25)43(4)40-23/h6,9,12-13,16-18,39H,7-8,10-11,14-15,19-21H2,1-5H3/b9-6-. The molecule has 48 heavy (non-hydrogen) atoms. The first-order valence-electron chi connectivity index (χ1n) is 16.5. The van der Waals surface area contributed by atoms with Gasteiger partial charge in [0, 0.05) is 77.8 Å². The molecule has 0 atom stereocenters. The lowest BCUT2D eigenvalue weighted by Gasteiger charge is -2.14. The molecule has 5 heterocycles. The van der Waals surface area contributed by atoms with Crippen LogP contribution in [0.2, 0.25) is 5.02 Å². The number of benzene rings is 2. The first-order valence-corrected chi connectivity index (χ1v) is 17.9. The Morgan fingerprint density at radius 2 is 1.96 bits per heavy atom. The Kier molecular flexibility index (Phi) is 9.15. The van der Waals surface area contributed by atoms with Crippen LogP contribution in [0, 0.1) is 6.92 Å². The van der Waals surface area contributed by atoms with Crippen LogP contribution in [0.1, 0.15) is 69.7 Å². The van der Waals surface area contributed by atoms with Crippen molar-refractivity contribution >= 4 is 46.3 Å². The molecule has 2 aliphatic rings. The van der Waals surface area contributed by atoms with Crippen molar-refractivity contribution in [2.75, 3.05) is 13.7 Å². The molecule has 0 amide bonds. The van der Waals surface area contributed by atoms with E-state index < -0.39 is 0 Å². The molecule has 2 aromatic carbocycles. The maximum atomic E-state index is 13.4. The lowest BCUT2D eigenvalue weighted by Crippen LogP contribution is -2.15. The van der Waals surface area contributed by atoms with E-state index in [0.29, 0.717) is 43.3 Å². The average Bonchev–Trinajstić information content (AvgIpc) is 3.82. The number of aromatic nitrogens is 5. The van der Waals surface area contributed by atoms with Crippen molar-refractivity contribution in [2.24, 2.45) is 14.1 Å². The summed E-state index contributed by atoms with van der Waals surface area (Å²) in [5.41, 5.74) is 10.9. The minimum atomic E-state index is -0.367. The summed E-state index contributed by atoms with van der Waals surface area (Å²) in [7, 11) is 5.37. The van der Waals surface area contributed by atoms with Gasteiger partial charge < -0.3 is 19.4 Å². The summed E-state index contributed by atoms with van der Waals surface area (Å²) in [4.78, 5) is 14.5. The van der Waals surface area contributed by atoms with Crippen molar-refractivity contribution < 1.29 is 14.3 Å². The lowest BCUT2D eigenvalue weighted by atomic mass is 9.97. The van der Waals surface area contributed by atoms with Crippen molar-refractivity contribution in [1.29, 1.82) is 0 Å². The van der Waals surface area contributed by atoms with Crippen LogP contribution in [-0.2, 0) is 57.1 Å². The maximum absolute atomic E-state index is 13.4. The number of fused-ring (bicyclic) bond motifs is 8. The summed E-state index contributed by atoms with van der Waals surface area (Å²) in [6.07, 6.45) is 7.46. The Hall–Kier alpha value is -3.99. The number of ether oxygens (including phenoxy) is 2. The van der Waals surface area contributed by atoms with E-state index in [0.717, 1.165) is 91.6 Å². The van der Waals surface area contributed by atoms with Gasteiger partial charge in [0.15, 0.2) is 0 Å². The van der Waals surface area contributed by atoms with Crippen LogP contribution in [-0.4, -0.2) is 43.8 Å². The molecule has 5 aromatic rings. The van der Waals surface area contributed by atoms with Gasteiger partial charge in [-0.15, -0.1) is 11.8 Å². The number of halogens is 1. The van der Waals surface area contributed by atoms with Crippen molar-refractivity contribution in [3.63, 3.8) is 0 Å². The maximum Gasteiger partial charge on any atom is 0.354 e. The highest BCUT2D eigenvalue weighted by Gasteiger charge is 2.30. The van der Waals surface area contributed by atoms with E-state index in [4.69, 9.17) is 31.3 Å². The topological polar surface area (TPSA) is 88.1 Å². The Bertz CT molecular complexity index is 2070. The molecule has 0 saturated carbocycles. The second kappa shape index (κ2) is 13.5. The third-order valence-electron chi connectivity index (χ3n) is 9.45. The molecule has 0 aliphatic carbocycles. The predicted molar refractivity (Wildman–Crippen MR) is 192 cm³/mol. The van der Waals surface area contributed by atoms with Gasteiger partial charge in [0.1, 0.15) is 11.4 Å². The number of nitrogens with one attached hydrogen (secondary N) is 1. The Morgan fingerprint density at radius 1 is 1.10 bits per heavy atom. The summed E-state index contributed by atoms with van der Waals surface area (Å²) in [6, 6.07) is 10.5. The van der Waals surface area contributed by atoms with Crippen LogP contribution in [0.25, 0.3) is 28.1 Å². The van der Waals surface area contributed by atoms with Gasteiger partial charge in [-0.1, -0.05) is 29.8 Å². The summed E-state index contributed by atoms with van der Waals surface area (Å²) in [6.45, 7) is 6.68. The van der Waals surface area contributed by atoms with Gasteiger partial charge >= 0.3 is 5.97 Å². The fourth-order valence-electron chi connectivity index (χ4n) is 7.25. The van der Waals surface area contributed by atoms with Gasteiger partial charge in [0.25, 0.3) is 0 Å². The molecule has 0 radical (unpaired) electrons. The van der Waals surface area contributed by atoms with Gasteiger partial charge in [0.05, 0.1) is 35.6 Å². The monoisotopic (exact) mass is 684 g/mol. The van der Waals surface area contributed by atoms with Crippen LogP contribution < -0.4 is 10.1 Å². The first kappa shape index (κ1) is 32.6. The molecule has 250 valence electrons. The molecule has 9 nitrogen and oxygen atoms in total. The number of methoxy groups -OCH3 is 1. The van der Waals surface area contributed by atoms with E-state index in [1.54, 1.807) is 11.8 Å². The largest absolute Gasteiger partial charge is 0.493 e. The highest BCUT2D eigenvalue weighted by atomic mass is 35.5. The zero-order valence-corrected chi connectivity index (χ0v) is 29.7. The molecule has 3 aromatic heterocycles. The molecule has 1 N–H and O–H groups in total.